The average Bonchev–Trinajstić information content (AvgIpc) is 2.58. The van der Waals surface area contributed by atoms with Gasteiger partial charge in [-0.15, -0.1) is 0 Å². The summed E-state index contributed by atoms with van der Waals surface area (Å²) in [6, 6.07) is 5.93. The number of hydrogen-bond donors (Lipinski definition) is 0. The fraction of sp³-hybridized carbons (Fsp3) is 0.588. The Kier molecular flexibility index (Phi) is 7.29. The lowest BCUT2D eigenvalue weighted by molar-refractivity contribution is -0.134. The minimum atomic E-state index is -0.277. The standard InChI is InChI=1S/C17H24FNO4/c1-21-11-8-17(20)19-9-6-16(7-10-19)23-13-12-22-15-4-2-14(18)3-5-15/h2-5,16H,6-13H2,1H3. The smallest absolute Gasteiger partial charge is 0.224 e. The Hall–Kier alpha value is -1.66. The van der Waals surface area contributed by atoms with E-state index in [1.54, 1.807) is 19.2 Å². The van der Waals surface area contributed by atoms with Crippen LogP contribution in [0.4, 0.5) is 4.39 Å². The van der Waals surface area contributed by atoms with E-state index in [1.165, 1.54) is 12.1 Å². The highest BCUT2D eigenvalue weighted by Gasteiger charge is 2.22. The van der Waals surface area contributed by atoms with Crippen LogP contribution < -0.4 is 4.74 Å². The zero-order chi connectivity index (χ0) is 16.5. The maximum absolute atomic E-state index is 12.8. The quantitative estimate of drug-likeness (QED) is 0.688. The lowest BCUT2D eigenvalue weighted by Crippen LogP contribution is -2.41. The molecule has 0 saturated carbocycles. The summed E-state index contributed by atoms with van der Waals surface area (Å²) >= 11 is 0. The number of halogens is 1. The molecule has 1 aliphatic heterocycles. The fourth-order valence-corrected chi connectivity index (χ4v) is 2.52. The summed E-state index contributed by atoms with van der Waals surface area (Å²) in [5.74, 6) is 0.499. The van der Waals surface area contributed by atoms with Crippen LogP contribution in [0.25, 0.3) is 0 Å². The van der Waals surface area contributed by atoms with Gasteiger partial charge in [-0.25, -0.2) is 4.39 Å². The largest absolute Gasteiger partial charge is 0.491 e. The van der Waals surface area contributed by atoms with E-state index >= 15 is 0 Å². The molecule has 0 atom stereocenters. The second-order valence-corrected chi connectivity index (χ2v) is 5.50. The molecule has 6 heteroatoms. The number of benzene rings is 1. The number of likely N-dealkylation sites (tertiary alicyclic amines) is 1. The van der Waals surface area contributed by atoms with Gasteiger partial charge in [0.25, 0.3) is 0 Å². The first-order valence-electron chi connectivity index (χ1n) is 7.95. The van der Waals surface area contributed by atoms with Crippen molar-refractivity contribution in [3.8, 4) is 5.75 Å². The molecule has 0 unspecified atom stereocenters. The molecule has 1 aliphatic rings. The molecule has 1 amide bonds. The molecule has 1 aromatic carbocycles. The zero-order valence-electron chi connectivity index (χ0n) is 13.5. The summed E-state index contributed by atoms with van der Waals surface area (Å²) in [5.41, 5.74) is 0. The first-order valence-corrected chi connectivity index (χ1v) is 7.95. The van der Waals surface area contributed by atoms with E-state index in [1.807, 2.05) is 4.90 Å². The van der Waals surface area contributed by atoms with Crippen LogP contribution in [-0.4, -0.2) is 56.9 Å². The van der Waals surface area contributed by atoms with E-state index in [4.69, 9.17) is 14.2 Å². The Morgan fingerprint density at radius 3 is 2.52 bits per heavy atom. The molecule has 1 aromatic rings. The normalized spacial score (nSPS) is 15.7. The van der Waals surface area contributed by atoms with Gasteiger partial charge in [0.2, 0.25) is 5.91 Å². The number of methoxy groups -OCH3 is 1. The Bertz CT molecular complexity index is 472. The lowest BCUT2D eigenvalue weighted by Gasteiger charge is -2.32. The topological polar surface area (TPSA) is 48.0 Å². The van der Waals surface area contributed by atoms with E-state index in [2.05, 4.69) is 0 Å². The van der Waals surface area contributed by atoms with Crippen molar-refractivity contribution >= 4 is 5.91 Å². The van der Waals surface area contributed by atoms with Crippen molar-refractivity contribution in [2.45, 2.75) is 25.4 Å². The highest BCUT2D eigenvalue weighted by molar-refractivity contribution is 5.76. The molecule has 0 N–H and O–H groups in total. The van der Waals surface area contributed by atoms with E-state index in [0.717, 1.165) is 25.9 Å². The Morgan fingerprint density at radius 2 is 1.87 bits per heavy atom. The fourth-order valence-electron chi connectivity index (χ4n) is 2.52. The Balaban J connectivity index is 1.57. The zero-order valence-corrected chi connectivity index (χ0v) is 13.5. The molecule has 1 fully saturated rings. The lowest BCUT2D eigenvalue weighted by atomic mass is 10.1. The second-order valence-electron chi connectivity index (χ2n) is 5.50. The third kappa shape index (κ3) is 6.15. The molecule has 0 spiro atoms. The van der Waals surface area contributed by atoms with Gasteiger partial charge in [0, 0.05) is 20.2 Å². The molecule has 2 rings (SSSR count). The molecule has 1 saturated heterocycles. The highest BCUT2D eigenvalue weighted by Crippen LogP contribution is 2.15. The number of ether oxygens (including phenoxy) is 3. The van der Waals surface area contributed by atoms with Crippen molar-refractivity contribution in [2.24, 2.45) is 0 Å². The summed E-state index contributed by atoms with van der Waals surface area (Å²) < 4.78 is 28.9. The molecule has 1 heterocycles. The molecular weight excluding hydrogens is 301 g/mol. The van der Waals surface area contributed by atoms with Crippen LogP contribution in [0.2, 0.25) is 0 Å². The number of rotatable bonds is 8. The van der Waals surface area contributed by atoms with Crippen molar-refractivity contribution in [2.75, 3.05) is 40.0 Å². The molecule has 23 heavy (non-hydrogen) atoms. The summed E-state index contributed by atoms with van der Waals surface area (Å²) in [6.45, 7) is 2.84. The van der Waals surface area contributed by atoms with Crippen molar-refractivity contribution in [1.29, 1.82) is 0 Å². The van der Waals surface area contributed by atoms with E-state index in [-0.39, 0.29) is 17.8 Å². The number of carbonyl (C=O) groups excluding carboxylic acids is 1. The van der Waals surface area contributed by atoms with Gasteiger partial charge >= 0.3 is 0 Å². The van der Waals surface area contributed by atoms with Gasteiger partial charge in [0.05, 0.1) is 25.7 Å². The van der Waals surface area contributed by atoms with E-state index in [9.17, 15) is 9.18 Å². The first-order chi connectivity index (χ1) is 11.2. The second kappa shape index (κ2) is 9.47. The Morgan fingerprint density at radius 1 is 1.17 bits per heavy atom. The maximum atomic E-state index is 12.8. The minimum Gasteiger partial charge on any atom is -0.491 e. The van der Waals surface area contributed by atoms with Crippen LogP contribution in [0.3, 0.4) is 0 Å². The molecular formula is C17H24FNO4. The van der Waals surface area contributed by atoms with E-state index < -0.39 is 0 Å². The van der Waals surface area contributed by atoms with Crippen molar-refractivity contribution in [3.05, 3.63) is 30.1 Å². The predicted molar refractivity (Wildman–Crippen MR) is 83.9 cm³/mol. The van der Waals surface area contributed by atoms with Gasteiger partial charge in [-0.3, -0.25) is 4.79 Å². The minimum absolute atomic E-state index is 0.143. The molecule has 0 aliphatic carbocycles. The molecule has 0 radical (unpaired) electrons. The van der Waals surface area contributed by atoms with Gasteiger partial charge in [0.15, 0.2) is 0 Å². The number of piperidine rings is 1. The SMILES string of the molecule is COCCC(=O)N1CCC(OCCOc2ccc(F)cc2)CC1. The van der Waals surface area contributed by atoms with Crippen molar-refractivity contribution in [3.63, 3.8) is 0 Å². The van der Waals surface area contributed by atoms with Crippen molar-refractivity contribution in [1.82, 2.24) is 4.90 Å². The van der Waals surface area contributed by atoms with Crippen LogP contribution >= 0.6 is 0 Å². The van der Waals surface area contributed by atoms with Gasteiger partial charge in [-0.05, 0) is 37.1 Å². The third-order valence-corrected chi connectivity index (χ3v) is 3.83. The molecule has 5 nitrogen and oxygen atoms in total. The summed E-state index contributed by atoms with van der Waals surface area (Å²) in [7, 11) is 1.60. The Labute approximate surface area is 136 Å². The van der Waals surface area contributed by atoms with Crippen LogP contribution in [0.5, 0.6) is 5.75 Å². The van der Waals surface area contributed by atoms with Crippen LogP contribution in [0, 0.1) is 5.82 Å². The van der Waals surface area contributed by atoms with E-state index in [0.29, 0.717) is 32.0 Å². The maximum Gasteiger partial charge on any atom is 0.224 e. The summed E-state index contributed by atoms with van der Waals surface area (Å²) in [6.07, 6.45) is 2.29. The summed E-state index contributed by atoms with van der Waals surface area (Å²) in [5, 5.41) is 0. The number of hydrogen-bond acceptors (Lipinski definition) is 4. The van der Waals surface area contributed by atoms with Gasteiger partial charge in [0.1, 0.15) is 18.2 Å². The monoisotopic (exact) mass is 325 g/mol. The van der Waals surface area contributed by atoms with Crippen molar-refractivity contribution < 1.29 is 23.4 Å². The number of amides is 1. The molecule has 0 aromatic heterocycles. The number of nitrogens with zero attached hydrogens (tertiary/aromatic N) is 1. The van der Waals surface area contributed by atoms with Crippen LogP contribution in [0.1, 0.15) is 19.3 Å². The third-order valence-electron chi connectivity index (χ3n) is 3.83. The van der Waals surface area contributed by atoms with Gasteiger partial charge in [-0.2, -0.15) is 0 Å². The van der Waals surface area contributed by atoms with Crippen LogP contribution in [0.15, 0.2) is 24.3 Å². The molecule has 128 valence electrons. The van der Waals surface area contributed by atoms with Gasteiger partial charge < -0.3 is 19.1 Å². The van der Waals surface area contributed by atoms with Crippen LogP contribution in [-0.2, 0) is 14.3 Å². The highest BCUT2D eigenvalue weighted by atomic mass is 19.1. The predicted octanol–water partition coefficient (Wildman–Crippen LogP) is 2.25. The summed E-state index contributed by atoms with van der Waals surface area (Å²) in [4.78, 5) is 13.7. The first kappa shape index (κ1) is 17.7. The number of carbonyl (C=O) groups is 1. The average molecular weight is 325 g/mol. The molecule has 0 bridgehead atoms. The van der Waals surface area contributed by atoms with Gasteiger partial charge in [-0.1, -0.05) is 0 Å².